The number of carbonyl (C=O) groups is 1. The molecule has 1 unspecified atom stereocenters. The van der Waals surface area contributed by atoms with E-state index in [4.69, 9.17) is 25.7 Å². The Kier molecular flexibility index (Phi) is 13.4. The van der Waals surface area contributed by atoms with Crippen LogP contribution in [0.2, 0.25) is 0 Å². The number of aliphatic hydroxyl groups is 1. The standard InChI is InChI=1S/C14H15NO.C13H14N2O2.C13H12N2O2/c1-11-7-8-12(10-15-11)9-13-5-3-4-6-14(13)16-2;2*1-17-11-5-3-2-4-10(11)13(16)9-6-7-12(14)15-8-9/h3-8,10H,9H2,1-2H3;2-8,13,16H,1H3,(H2,14,15);2-8H,1H3,(H2,14,15). The highest BCUT2D eigenvalue weighted by atomic mass is 16.5. The highest BCUT2D eigenvalue weighted by Gasteiger charge is 2.15. The highest BCUT2D eigenvalue weighted by molar-refractivity contribution is 6.10. The number of aromatic nitrogens is 3. The van der Waals surface area contributed by atoms with Crippen LogP contribution in [0.15, 0.2) is 128 Å². The smallest absolute Gasteiger partial charge is 0.198 e. The number of para-hydroxylation sites is 3. The second-order valence-corrected chi connectivity index (χ2v) is 11.0. The van der Waals surface area contributed by atoms with Gasteiger partial charge in [0, 0.05) is 47.4 Å². The Morgan fingerprint density at radius 2 is 1.26 bits per heavy atom. The summed E-state index contributed by atoms with van der Waals surface area (Å²) in [5.74, 6) is 2.83. The number of pyridine rings is 3. The lowest BCUT2D eigenvalue weighted by Gasteiger charge is -2.14. The maximum Gasteiger partial charge on any atom is 0.198 e. The highest BCUT2D eigenvalue weighted by Crippen LogP contribution is 2.29. The number of anilines is 2. The Morgan fingerprint density at radius 1 is 0.660 bits per heavy atom. The molecule has 0 saturated heterocycles. The molecule has 6 aromatic rings. The number of methoxy groups -OCH3 is 3. The lowest BCUT2D eigenvalue weighted by Crippen LogP contribution is -2.04. The largest absolute Gasteiger partial charge is 0.496 e. The topological polar surface area (TPSA) is 156 Å². The minimum Gasteiger partial charge on any atom is -0.496 e. The van der Waals surface area contributed by atoms with Crippen molar-refractivity contribution in [2.24, 2.45) is 0 Å². The van der Waals surface area contributed by atoms with E-state index in [0.29, 0.717) is 45.4 Å². The van der Waals surface area contributed by atoms with Crippen molar-refractivity contribution in [3.05, 3.63) is 167 Å². The van der Waals surface area contributed by atoms with Crippen molar-refractivity contribution in [3.63, 3.8) is 0 Å². The van der Waals surface area contributed by atoms with Gasteiger partial charge in [0.15, 0.2) is 5.78 Å². The van der Waals surface area contributed by atoms with Gasteiger partial charge in [-0.05, 0) is 66.6 Å². The first-order chi connectivity index (χ1) is 24.2. The predicted molar refractivity (Wildman–Crippen MR) is 196 cm³/mol. The van der Waals surface area contributed by atoms with Gasteiger partial charge >= 0.3 is 0 Å². The average Bonchev–Trinajstić information content (AvgIpc) is 3.16. The van der Waals surface area contributed by atoms with E-state index >= 15 is 0 Å². The summed E-state index contributed by atoms with van der Waals surface area (Å²) in [6.07, 6.45) is 5.04. The molecule has 0 amide bonds. The second-order valence-electron chi connectivity index (χ2n) is 11.0. The number of nitrogens with zero attached hydrogens (tertiary/aromatic N) is 3. The van der Waals surface area contributed by atoms with Crippen LogP contribution in [0.5, 0.6) is 17.2 Å². The SMILES string of the molecule is COc1ccccc1C(=O)c1ccc(N)nc1.COc1ccccc1C(O)c1ccc(N)nc1.COc1ccccc1Cc1ccc(C)nc1. The lowest BCUT2D eigenvalue weighted by atomic mass is 10.0. The molecule has 5 N–H and O–H groups in total. The summed E-state index contributed by atoms with van der Waals surface area (Å²) in [6.45, 7) is 1.99. The van der Waals surface area contributed by atoms with Crippen molar-refractivity contribution in [1.29, 1.82) is 0 Å². The summed E-state index contributed by atoms with van der Waals surface area (Å²) in [7, 11) is 4.81. The zero-order valence-corrected chi connectivity index (χ0v) is 28.5. The van der Waals surface area contributed by atoms with Crippen LogP contribution < -0.4 is 25.7 Å². The van der Waals surface area contributed by atoms with Gasteiger partial charge in [-0.1, -0.05) is 60.7 Å². The van der Waals surface area contributed by atoms with Crippen LogP contribution >= 0.6 is 0 Å². The first-order valence-electron chi connectivity index (χ1n) is 15.7. The Balaban J connectivity index is 0.000000169. The molecule has 0 fully saturated rings. The molecule has 0 aliphatic heterocycles. The first-order valence-corrected chi connectivity index (χ1v) is 15.7. The number of rotatable bonds is 9. The molecule has 0 aliphatic rings. The molecule has 256 valence electrons. The minimum absolute atomic E-state index is 0.130. The minimum atomic E-state index is -0.765. The van der Waals surface area contributed by atoms with E-state index in [-0.39, 0.29) is 5.78 Å². The zero-order chi connectivity index (χ0) is 35.9. The second kappa shape index (κ2) is 18.3. The third kappa shape index (κ3) is 10.1. The summed E-state index contributed by atoms with van der Waals surface area (Å²) in [6, 6.07) is 33.3. The van der Waals surface area contributed by atoms with E-state index in [0.717, 1.165) is 17.9 Å². The third-order valence-corrected chi connectivity index (χ3v) is 7.52. The van der Waals surface area contributed by atoms with Crippen LogP contribution in [0.1, 0.15) is 50.0 Å². The van der Waals surface area contributed by atoms with Gasteiger partial charge in [-0.2, -0.15) is 0 Å². The number of hydrogen-bond donors (Lipinski definition) is 3. The van der Waals surface area contributed by atoms with Gasteiger partial charge in [-0.15, -0.1) is 0 Å². The van der Waals surface area contributed by atoms with Gasteiger partial charge in [0.05, 0.1) is 26.9 Å². The van der Waals surface area contributed by atoms with E-state index in [1.807, 2.05) is 67.7 Å². The molecular formula is C40H41N5O5. The molecule has 0 bridgehead atoms. The van der Waals surface area contributed by atoms with Crippen molar-refractivity contribution in [1.82, 2.24) is 15.0 Å². The normalized spacial score (nSPS) is 10.7. The lowest BCUT2D eigenvalue weighted by molar-refractivity contribution is 0.103. The molecular weight excluding hydrogens is 630 g/mol. The monoisotopic (exact) mass is 671 g/mol. The molecule has 1 atom stereocenters. The molecule has 3 aromatic heterocycles. The van der Waals surface area contributed by atoms with E-state index < -0.39 is 6.10 Å². The number of carbonyl (C=O) groups excluding carboxylic acids is 1. The third-order valence-electron chi connectivity index (χ3n) is 7.52. The molecule has 50 heavy (non-hydrogen) atoms. The van der Waals surface area contributed by atoms with Crippen molar-refractivity contribution < 1.29 is 24.1 Å². The fourth-order valence-corrected chi connectivity index (χ4v) is 4.85. The summed E-state index contributed by atoms with van der Waals surface area (Å²) in [4.78, 5) is 24.3. The average molecular weight is 672 g/mol. The number of aryl methyl sites for hydroxylation is 1. The van der Waals surface area contributed by atoms with Gasteiger partial charge in [0.25, 0.3) is 0 Å². The fraction of sp³-hybridized carbons (Fsp3) is 0.150. The molecule has 0 radical (unpaired) electrons. The van der Waals surface area contributed by atoms with Crippen LogP contribution in [0, 0.1) is 6.92 Å². The number of ketones is 1. The van der Waals surface area contributed by atoms with Crippen LogP contribution in [0.4, 0.5) is 11.6 Å². The van der Waals surface area contributed by atoms with Crippen molar-refractivity contribution >= 4 is 17.4 Å². The molecule has 6 rings (SSSR count). The first kappa shape index (κ1) is 36.6. The van der Waals surface area contributed by atoms with Gasteiger partial charge in [-0.3, -0.25) is 9.78 Å². The Labute approximate surface area is 292 Å². The zero-order valence-electron chi connectivity index (χ0n) is 28.5. The summed E-state index contributed by atoms with van der Waals surface area (Å²) in [5.41, 5.74) is 16.8. The quantitative estimate of drug-likeness (QED) is 0.142. The van der Waals surface area contributed by atoms with E-state index in [2.05, 4.69) is 27.1 Å². The molecule has 0 spiro atoms. The van der Waals surface area contributed by atoms with E-state index in [1.54, 1.807) is 62.9 Å². The predicted octanol–water partition coefficient (Wildman–Crippen LogP) is 6.65. The van der Waals surface area contributed by atoms with Gasteiger partial charge in [0.1, 0.15) is 35.0 Å². The van der Waals surface area contributed by atoms with Crippen LogP contribution in [-0.2, 0) is 6.42 Å². The Bertz CT molecular complexity index is 1950. The Morgan fingerprint density at radius 3 is 1.86 bits per heavy atom. The number of aliphatic hydroxyl groups excluding tert-OH is 1. The number of ether oxygens (including phenoxy) is 3. The van der Waals surface area contributed by atoms with E-state index in [1.165, 1.54) is 24.4 Å². The number of benzene rings is 3. The van der Waals surface area contributed by atoms with Crippen molar-refractivity contribution in [2.45, 2.75) is 19.4 Å². The van der Waals surface area contributed by atoms with Crippen molar-refractivity contribution in [3.8, 4) is 17.2 Å². The molecule has 10 nitrogen and oxygen atoms in total. The number of nitrogen functional groups attached to an aromatic ring is 2. The summed E-state index contributed by atoms with van der Waals surface area (Å²) in [5, 5.41) is 10.2. The molecule has 10 heteroatoms. The summed E-state index contributed by atoms with van der Waals surface area (Å²) >= 11 is 0. The molecule has 0 aliphatic carbocycles. The molecule has 3 aromatic carbocycles. The van der Waals surface area contributed by atoms with Crippen LogP contribution in [-0.4, -0.2) is 47.2 Å². The maximum absolute atomic E-state index is 12.2. The molecule has 3 heterocycles. The van der Waals surface area contributed by atoms with Crippen molar-refractivity contribution in [2.75, 3.05) is 32.8 Å². The fourth-order valence-electron chi connectivity index (χ4n) is 4.85. The van der Waals surface area contributed by atoms with Gasteiger partial charge in [0.2, 0.25) is 0 Å². The van der Waals surface area contributed by atoms with E-state index in [9.17, 15) is 9.90 Å². The number of hydrogen-bond acceptors (Lipinski definition) is 10. The Hall–Kier alpha value is -6.26. The van der Waals surface area contributed by atoms with Crippen LogP contribution in [0.3, 0.4) is 0 Å². The maximum atomic E-state index is 12.2. The van der Waals surface area contributed by atoms with Crippen LogP contribution in [0.25, 0.3) is 0 Å². The van der Waals surface area contributed by atoms with Gasteiger partial charge < -0.3 is 30.8 Å². The van der Waals surface area contributed by atoms with Gasteiger partial charge in [-0.25, -0.2) is 9.97 Å². The molecule has 0 saturated carbocycles. The summed E-state index contributed by atoms with van der Waals surface area (Å²) < 4.78 is 15.7. The number of nitrogens with two attached hydrogens (primary N) is 2.